The van der Waals surface area contributed by atoms with Gasteiger partial charge in [-0.05, 0) is 22.6 Å². The molecule has 1 aromatic carbocycles. The summed E-state index contributed by atoms with van der Waals surface area (Å²) in [6.07, 6.45) is 1.79. The molecule has 0 saturated carbocycles. The Bertz CT molecular complexity index is 948. The quantitative estimate of drug-likeness (QED) is 0.765. The monoisotopic (exact) mass is 368 g/mol. The van der Waals surface area contributed by atoms with E-state index < -0.39 is 12.0 Å². The Morgan fingerprint density at radius 1 is 1.23 bits per heavy atom. The number of benzene rings is 1. The van der Waals surface area contributed by atoms with Gasteiger partial charge < -0.3 is 14.4 Å². The Labute approximate surface area is 153 Å². The van der Waals surface area contributed by atoms with Crippen LogP contribution in [0, 0.1) is 0 Å². The van der Waals surface area contributed by atoms with E-state index in [-0.39, 0.29) is 12.3 Å². The fourth-order valence-electron chi connectivity index (χ4n) is 3.16. The molecule has 1 aliphatic heterocycles. The van der Waals surface area contributed by atoms with Gasteiger partial charge in [0.05, 0.1) is 17.0 Å². The van der Waals surface area contributed by atoms with E-state index in [9.17, 15) is 14.7 Å². The minimum absolute atomic E-state index is 0.0147. The number of rotatable bonds is 4. The molecule has 1 N–H and O–H groups in total. The number of fused-ring (bicyclic) bond motifs is 1. The fourth-order valence-corrected chi connectivity index (χ4v) is 3.82. The predicted molar refractivity (Wildman–Crippen MR) is 95.6 cm³/mol. The Kier molecular flexibility index (Phi) is 4.30. The Morgan fingerprint density at radius 3 is 2.77 bits per heavy atom. The van der Waals surface area contributed by atoms with Crippen LogP contribution in [0.25, 0.3) is 10.8 Å². The molecule has 0 bridgehead atoms. The zero-order valence-electron chi connectivity index (χ0n) is 13.8. The number of carbonyl (C=O) groups excluding carboxylic acids is 1. The van der Waals surface area contributed by atoms with Crippen LogP contribution >= 0.6 is 11.3 Å². The molecule has 0 saturated heterocycles. The van der Waals surface area contributed by atoms with E-state index in [1.54, 1.807) is 0 Å². The summed E-state index contributed by atoms with van der Waals surface area (Å²) in [5.74, 6) is -0.785. The van der Waals surface area contributed by atoms with Gasteiger partial charge in [-0.3, -0.25) is 4.79 Å². The lowest BCUT2D eigenvalue weighted by Crippen LogP contribution is -2.49. The van der Waals surface area contributed by atoms with Crippen molar-refractivity contribution in [2.45, 2.75) is 25.4 Å². The van der Waals surface area contributed by atoms with Crippen LogP contribution in [0.15, 0.2) is 52.5 Å². The second-order valence-corrected chi connectivity index (χ2v) is 7.09. The first-order valence-corrected chi connectivity index (χ1v) is 9.07. The Hall–Kier alpha value is -2.93. The third kappa shape index (κ3) is 3.13. The molecule has 1 unspecified atom stereocenters. The number of hydrogen-bond donors (Lipinski definition) is 1. The number of nitrogens with zero attached hydrogens (tertiary/aromatic N) is 2. The number of aromatic nitrogens is 1. The van der Waals surface area contributed by atoms with E-state index in [0.29, 0.717) is 24.6 Å². The number of oxazole rings is 1. The maximum atomic E-state index is 12.8. The van der Waals surface area contributed by atoms with Gasteiger partial charge in [-0.1, -0.05) is 30.3 Å². The van der Waals surface area contributed by atoms with Gasteiger partial charge in [0.25, 0.3) is 0 Å². The summed E-state index contributed by atoms with van der Waals surface area (Å²) in [5.41, 5.74) is 2.46. The summed E-state index contributed by atoms with van der Waals surface area (Å²) in [6.45, 7) is 0.293. The highest BCUT2D eigenvalue weighted by molar-refractivity contribution is 7.13. The molecule has 0 fully saturated rings. The molecule has 2 aromatic heterocycles. The van der Waals surface area contributed by atoms with Gasteiger partial charge in [-0.2, -0.15) is 0 Å². The minimum Gasteiger partial charge on any atom is -0.480 e. The molecular formula is C19H16N2O4S. The molecule has 1 amide bonds. The maximum absolute atomic E-state index is 12.8. The number of amides is 1. The van der Waals surface area contributed by atoms with Crippen molar-refractivity contribution in [3.8, 4) is 10.8 Å². The van der Waals surface area contributed by atoms with Gasteiger partial charge in [0.2, 0.25) is 11.8 Å². The van der Waals surface area contributed by atoms with E-state index in [1.165, 1.54) is 22.5 Å². The van der Waals surface area contributed by atoms with Crippen molar-refractivity contribution in [1.29, 1.82) is 0 Å². The van der Waals surface area contributed by atoms with Gasteiger partial charge >= 0.3 is 5.97 Å². The van der Waals surface area contributed by atoms with Crippen LogP contribution in [0.2, 0.25) is 0 Å². The summed E-state index contributed by atoms with van der Waals surface area (Å²) >= 11 is 1.50. The van der Waals surface area contributed by atoms with E-state index in [4.69, 9.17) is 4.42 Å². The summed E-state index contributed by atoms with van der Waals surface area (Å²) in [6, 6.07) is 10.6. The average Bonchev–Trinajstić information content (AvgIpc) is 3.32. The van der Waals surface area contributed by atoms with E-state index >= 15 is 0 Å². The molecule has 1 aliphatic rings. The van der Waals surface area contributed by atoms with Crippen molar-refractivity contribution >= 4 is 23.2 Å². The van der Waals surface area contributed by atoms with Crippen molar-refractivity contribution in [2.75, 3.05) is 0 Å². The lowest BCUT2D eigenvalue weighted by molar-refractivity contribution is -0.151. The largest absolute Gasteiger partial charge is 0.480 e. The molecule has 0 aliphatic carbocycles. The van der Waals surface area contributed by atoms with Crippen molar-refractivity contribution in [1.82, 2.24) is 9.88 Å². The van der Waals surface area contributed by atoms with Gasteiger partial charge in [0.15, 0.2) is 0 Å². The highest BCUT2D eigenvalue weighted by Crippen LogP contribution is 2.26. The molecule has 3 heterocycles. The first kappa shape index (κ1) is 16.5. The first-order valence-electron chi connectivity index (χ1n) is 8.19. The molecule has 0 spiro atoms. The molecule has 26 heavy (non-hydrogen) atoms. The molecule has 6 nitrogen and oxygen atoms in total. The highest BCUT2D eigenvalue weighted by atomic mass is 32.1. The van der Waals surface area contributed by atoms with Crippen molar-refractivity contribution < 1.29 is 19.1 Å². The van der Waals surface area contributed by atoms with Crippen molar-refractivity contribution in [2.24, 2.45) is 0 Å². The number of carboxylic acids is 1. The zero-order valence-corrected chi connectivity index (χ0v) is 14.6. The molecule has 4 rings (SSSR count). The number of aliphatic carboxylic acids is 1. The van der Waals surface area contributed by atoms with Crippen LogP contribution in [-0.4, -0.2) is 32.9 Å². The smallest absolute Gasteiger partial charge is 0.326 e. The van der Waals surface area contributed by atoms with Crippen molar-refractivity contribution in [3.05, 3.63) is 64.9 Å². The van der Waals surface area contributed by atoms with Crippen LogP contribution in [0.1, 0.15) is 16.8 Å². The van der Waals surface area contributed by atoms with E-state index in [0.717, 1.165) is 16.0 Å². The third-order valence-electron chi connectivity index (χ3n) is 4.47. The zero-order chi connectivity index (χ0) is 18.1. The second kappa shape index (κ2) is 6.76. The molecule has 7 heteroatoms. The number of thiophene rings is 1. The van der Waals surface area contributed by atoms with Crippen LogP contribution < -0.4 is 0 Å². The van der Waals surface area contributed by atoms with Gasteiger partial charge in [0, 0.05) is 13.0 Å². The topological polar surface area (TPSA) is 83.6 Å². The number of carboxylic acid groups (broad SMARTS) is 1. The fraction of sp³-hybridized carbons (Fsp3) is 0.211. The van der Waals surface area contributed by atoms with Gasteiger partial charge in [0.1, 0.15) is 12.3 Å². The summed E-state index contributed by atoms with van der Waals surface area (Å²) in [7, 11) is 0. The van der Waals surface area contributed by atoms with Crippen molar-refractivity contribution in [3.63, 3.8) is 0 Å². The molecule has 3 aromatic rings. The number of hydrogen-bond acceptors (Lipinski definition) is 5. The molecule has 132 valence electrons. The van der Waals surface area contributed by atoms with Crippen LogP contribution in [-0.2, 0) is 29.0 Å². The summed E-state index contributed by atoms with van der Waals surface area (Å²) in [5, 5.41) is 11.5. The Morgan fingerprint density at radius 2 is 2.04 bits per heavy atom. The maximum Gasteiger partial charge on any atom is 0.326 e. The molecular weight excluding hydrogens is 352 g/mol. The second-order valence-electron chi connectivity index (χ2n) is 6.15. The van der Waals surface area contributed by atoms with E-state index in [2.05, 4.69) is 4.98 Å². The number of carbonyl (C=O) groups is 2. The Balaban J connectivity index is 1.54. The molecule has 0 radical (unpaired) electrons. The van der Waals surface area contributed by atoms with Crippen LogP contribution in [0.3, 0.4) is 0 Å². The van der Waals surface area contributed by atoms with E-state index in [1.807, 2.05) is 41.8 Å². The summed E-state index contributed by atoms with van der Waals surface area (Å²) in [4.78, 5) is 31.1. The molecule has 1 atom stereocenters. The SMILES string of the molecule is O=C(O)C1Cc2ccccc2CN1C(=O)Cc1coc(-c2cccs2)n1. The van der Waals surface area contributed by atoms with Gasteiger partial charge in [-0.25, -0.2) is 9.78 Å². The lowest BCUT2D eigenvalue weighted by Gasteiger charge is -2.34. The standard InChI is InChI=1S/C19H16N2O4S/c22-17(9-14-11-25-18(20-14)16-6-3-7-26-16)21-10-13-5-2-1-4-12(13)8-15(21)19(23)24/h1-7,11,15H,8-10H2,(H,23,24). The van der Waals surface area contributed by atoms with Crippen LogP contribution in [0.5, 0.6) is 0 Å². The highest BCUT2D eigenvalue weighted by Gasteiger charge is 2.34. The van der Waals surface area contributed by atoms with Gasteiger partial charge in [-0.15, -0.1) is 11.3 Å². The lowest BCUT2D eigenvalue weighted by atomic mass is 9.93. The third-order valence-corrected chi connectivity index (χ3v) is 5.33. The average molecular weight is 368 g/mol. The normalized spacial score (nSPS) is 16.3. The predicted octanol–water partition coefficient (Wildman–Crippen LogP) is 2.98. The summed E-state index contributed by atoms with van der Waals surface area (Å²) < 4.78 is 5.44. The minimum atomic E-state index is -0.993. The first-order chi connectivity index (χ1) is 12.6. The van der Waals surface area contributed by atoms with Crippen LogP contribution in [0.4, 0.5) is 0 Å².